The lowest BCUT2D eigenvalue weighted by Crippen LogP contribution is -2.28. The topological polar surface area (TPSA) is 83.2 Å². The molecule has 3 N–H and O–H groups in total. The number of ether oxygens (including phenoxy) is 1. The fraction of sp³-hybridized carbons (Fsp3) is 0.636. The smallest absolute Gasteiger partial charge is 0.242 e. The quantitative estimate of drug-likeness (QED) is 0.601. The van der Waals surface area contributed by atoms with Gasteiger partial charge in [0.05, 0.1) is 17.6 Å². The molecule has 18 heavy (non-hydrogen) atoms. The van der Waals surface area contributed by atoms with Crippen LogP contribution in [0.4, 0.5) is 0 Å². The van der Waals surface area contributed by atoms with Gasteiger partial charge in [-0.05, 0) is 27.0 Å². The predicted molar refractivity (Wildman–Crippen MR) is 69.8 cm³/mol. The van der Waals surface area contributed by atoms with Crippen molar-refractivity contribution in [3.05, 3.63) is 18.0 Å². The molecule has 0 fully saturated rings. The van der Waals surface area contributed by atoms with E-state index in [4.69, 9.17) is 4.74 Å². The van der Waals surface area contributed by atoms with Crippen LogP contribution in [0.5, 0.6) is 0 Å². The Hall–Kier alpha value is -0.890. The first-order chi connectivity index (χ1) is 8.45. The monoisotopic (exact) mass is 275 g/mol. The molecule has 1 aromatic rings. The van der Waals surface area contributed by atoms with Gasteiger partial charge in [-0.1, -0.05) is 0 Å². The maximum Gasteiger partial charge on any atom is 0.242 e. The highest BCUT2D eigenvalue weighted by Gasteiger charge is 2.15. The van der Waals surface area contributed by atoms with Gasteiger partial charge >= 0.3 is 0 Å². The molecule has 0 radical (unpaired) electrons. The Bertz CT molecular complexity index is 454. The molecule has 0 atom stereocenters. The maximum atomic E-state index is 11.9. The van der Waals surface area contributed by atoms with Crippen molar-refractivity contribution in [3.63, 3.8) is 0 Å². The standard InChI is InChI=1S/C11H21N3O3S/c1-9(2)17-5-4-14-18(15,16)11-6-10(7-12-3)13-8-11/h6,8-9,12-14H,4-5,7H2,1-3H3. The predicted octanol–water partition coefficient (Wildman–Crippen LogP) is 0.437. The van der Waals surface area contributed by atoms with Gasteiger partial charge in [0.25, 0.3) is 0 Å². The first-order valence-electron chi connectivity index (χ1n) is 5.89. The van der Waals surface area contributed by atoms with E-state index in [1.54, 1.807) is 13.1 Å². The van der Waals surface area contributed by atoms with E-state index in [1.807, 2.05) is 13.8 Å². The number of aromatic amines is 1. The molecule has 0 amide bonds. The first kappa shape index (κ1) is 15.2. The molecule has 6 nitrogen and oxygen atoms in total. The van der Waals surface area contributed by atoms with Gasteiger partial charge in [-0.25, -0.2) is 13.1 Å². The van der Waals surface area contributed by atoms with Gasteiger partial charge in [0.2, 0.25) is 10.0 Å². The molecule has 1 rings (SSSR count). The van der Waals surface area contributed by atoms with Gasteiger partial charge in [0, 0.05) is 25.0 Å². The number of hydrogen-bond donors (Lipinski definition) is 3. The Kier molecular flexibility index (Phi) is 5.80. The van der Waals surface area contributed by atoms with E-state index >= 15 is 0 Å². The highest BCUT2D eigenvalue weighted by Crippen LogP contribution is 2.10. The fourth-order valence-electron chi connectivity index (χ4n) is 1.42. The highest BCUT2D eigenvalue weighted by molar-refractivity contribution is 7.89. The number of H-pyrrole nitrogens is 1. The van der Waals surface area contributed by atoms with Crippen LogP contribution in [0.2, 0.25) is 0 Å². The molecule has 0 saturated carbocycles. The number of rotatable bonds is 8. The molecule has 0 saturated heterocycles. The second-order valence-corrected chi connectivity index (χ2v) is 5.98. The largest absolute Gasteiger partial charge is 0.377 e. The number of sulfonamides is 1. The van der Waals surface area contributed by atoms with Crippen LogP contribution in [-0.4, -0.2) is 39.7 Å². The normalized spacial score (nSPS) is 12.2. The van der Waals surface area contributed by atoms with Crippen LogP contribution in [0.25, 0.3) is 0 Å². The van der Waals surface area contributed by atoms with E-state index < -0.39 is 10.0 Å². The molecule has 7 heteroatoms. The number of aromatic nitrogens is 1. The fourth-order valence-corrected chi connectivity index (χ4v) is 2.45. The molecule has 0 aliphatic rings. The van der Waals surface area contributed by atoms with E-state index in [9.17, 15) is 8.42 Å². The van der Waals surface area contributed by atoms with Crippen molar-refractivity contribution in [2.75, 3.05) is 20.2 Å². The minimum Gasteiger partial charge on any atom is -0.377 e. The summed E-state index contributed by atoms with van der Waals surface area (Å²) >= 11 is 0. The van der Waals surface area contributed by atoms with Crippen LogP contribution in [0, 0.1) is 0 Å². The van der Waals surface area contributed by atoms with Crippen molar-refractivity contribution < 1.29 is 13.2 Å². The summed E-state index contributed by atoms with van der Waals surface area (Å²) in [4.78, 5) is 3.16. The second kappa shape index (κ2) is 6.89. The van der Waals surface area contributed by atoms with E-state index in [0.29, 0.717) is 13.2 Å². The second-order valence-electron chi connectivity index (χ2n) is 4.21. The third kappa shape index (κ3) is 4.77. The molecular weight excluding hydrogens is 254 g/mol. The highest BCUT2D eigenvalue weighted by atomic mass is 32.2. The van der Waals surface area contributed by atoms with Gasteiger partial charge in [-0.15, -0.1) is 0 Å². The van der Waals surface area contributed by atoms with Crippen LogP contribution in [0.1, 0.15) is 19.5 Å². The molecule has 0 aliphatic heterocycles. The lowest BCUT2D eigenvalue weighted by atomic mass is 10.4. The first-order valence-corrected chi connectivity index (χ1v) is 7.37. The molecule has 0 aromatic carbocycles. The van der Waals surface area contributed by atoms with Gasteiger partial charge in [-0.3, -0.25) is 0 Å². The number of nitrogens with one attached hydrogen (secondary N) is 3. The molecule has 104 valence electrons. The van der Waals surface area contributed by atoms with E-state index in [-0.39, 0.29) is 17.5 Å². The minimum absolute atomic E-state index is 0.101. The Labute approximate surface area is 108 Å². The summed E-state index contributed by atoms with van der Waals surface area (Å²) in [5.74, 6) is 0. The van der Waals surface area contributed by atoms with Gasteiger partial charge in [-0.2, -0.15) is 0 Å². The van der Waals surface area contributed by atoms with E-state index in [0.717, 1.165) is 5.69 Å². The van der Waals surface area contributed by atoms with E-state index in [1.165, 1.54) is 6.20 Å². The Morgan fingerprint density at radius 3 is 2.78 bits per heavy atom. The van der Waals surface area contributed by atoms with Crippen molar-refractivity contribution >= 4 is 10.0 Å². The Balaban J connectivity index is 2.51. The van der Waals surface area contributed by atoms with Crippen molar-refractivity contribution in [2.24, 2.45) is 0 Å². The zero-order chi connectivity index (χ0) is 13.6. The van der Waals surface area contributed by atoms with Crippen molar-refractivity contribution in [2.45, 2.75) is 31.4 Å². The SMILES string of the molecule is CNCc1cc(S(=O)(=O)NCCOC(C)C)c[nH]1. The summed E-state index contributed by atoms with van der Waals surface area (Å²) in [5, 5.41) is 2.95. The minimum atomic E-state index is -3.44. The molecule has 0 bridgehead atoms. The van der Waals surface area contributed by atoms with Crippen molar-refractivity contribution in [1.29, 1.82) is 0 Å². The lowest BCUT2D eigenvalue weighted by Gasteiger charge is -2.08. The molecule has 1 heterocycles. The Morgan fingerprint density at radius 2 is 2.17 bits per heavy atom. The van der Waals surface area contributed by atoms with Gasteiger partial charge in [0.1, 0.15) is 0 Å². The van der Waals surface area contributed by atoms with E-state index in [2.05, 4.69) is 15.0 Å². The summed E-state index contributed by atoms with van der Waals surface area (Å²) in [7, 11) is -1.64. The lowest BCUT2D eigenvalue weighted by molar-refractivity contribution is 0.0834. The molecule has 0 spiro atoms. The number of hydrogen-bond acceptors (Lipinski definition) is 4. The van der Waals surface area contributed by atoms with Crippen molar-refractivity contribution in [1.82, 2.24) is 15.0 Å². The third-order valence-corrected chi connectivity index (χ3v) is 3.68. The summed E-state index contributed by atoms with van der Waals surface area (Å²) in [5.41, 5.74) is 0.830. The zero-order valence-electron chi connectivity index (χ0n) is 11.0. The molecule has 0 unspecified atom stereocenters. The average Bonchev–Trinajstić information content (AvgIpc) is 2.74. The summed E-state index contributed by atoms with van der Waals surface area (Å²) < 4.78 is 31.5. The molecule has 1 aromatic heterocycles. The van der Waals surface area contributed by atoms with Crippen LogP contribution < -0.4 is 10.0 Å². The van der Waals surface area contributed by atoms with Crippen LogP contribution >= 0.6 is 0 Å². The van der Waals surface area contributed by atoms with Gasteiger partial charge < -0.3 is 15.0 Å². The summed E-state index contributed by atoms with van der Waals surface area (Å²) in [6.07, 6.45) is 1.59. The summed E-state index contributed by atoms with van der Waals surface area (Å²) in [6.45, 7) is 5.05. The average molecular weight is 275 g/mol. The van der Waals surface area contributed by atoms with Crippen LogP contribution in [0.15, 0.2) is 17.2 Å². The van der Waals surface area contributed by atoms with Crippen LogP contribution in [-0.2, 0) is 21.3 Å². The molecule has 0 aliphatic carbocycles. The molecular formula is C11H21N3O3S. The zero-order valence-corrected chi connectivity index (χ0v) is 11.8. The summed E-state index contributed by atoms with van der Waals surface area (Å²) in [6, 6.07) is 1.61. The maximum absolute atomic E-state index is 11.9. The Morgan fingerprint density at radius 1 is 1.44 bits per heavy atom. The van der Waals surface area contributed by atoms with Crippen molar-refractivity contribution in [3.8, 4) is 0 Å². The van der Waals surface area contributed by atoms with Gasteiger partial charge in [0.15, 0.2) is 0 Å². The third-order valence-electron chi connectivity index (χ3n) is 2.24. The van der Waals surface area contributed by atoms with Crippen LogP contribution in [0.3, 0.4) is 0 Å².